The fourth-order valence-electron chi connectivity index (χ4n) is 1.19. The molecule has 1 heterocycles. The summed E-state index contributed by atoms with van der Waals surface area (Å²) in [5.74, 6) is 1.13. The summed E-state index contributed by atoms with van der Waals surface area (Å²) >= 11 is 4.93. The standard InChI is InChI=1S/C11H11BrN4S/c12-8-3-1-7(2-4-8)6-17-11-15-5-9(13)10(14)16-11/h1-5H,6,13H2,(H2,14,15,16). The Balaban J connectivity index is 2.02. The van der Waals surface area contributed by atoms with Gasteiger partial charge in [-0.05, 0) is 17.7 Å². The van der Waals surface area contributed by atoms with Crippen LogP contribution in [0.3, 0.4) is 0 Å². The number of rotatable bonds is 3. The van der Waals surface area contributed by atoms with E-state index in [1.165, 1.54) is 23.5 Å². The lowest BCUT2D eigenvalue weighted by Crippen LogP contribution is -2.00. The third-order valence-electron chi connectivity index (χ3n) is 2.11. The second-order valence-corrected chi connectivity index (χ2v) is 5.27. The van der Waals surface area contributed by atoms with Crippen LogP contribution in [0, 0.1) is 0 Å². The molecule has 1 aromatic heterocycles. The number of anilines is 2. The van der Waals surface area contributed by atoms with Crippen LogP contribution in [0.2, 0.25) is 0 Å². The molecule has 17 heavy (non-hydrogen) atoms. The highest BCUT2D eigenvalue weighted by molar-refractivity contribution is 9.10. The Bertz CT molecular complexity index is 515. The van der Waals surface area contributed by atoms with E-state index >= 15 is 0 Å². The highest BCUT2D eigenvalue weighted by Gasteiger charge is 2.02. The molecule has 0 bridgehead atoms. The maximum atomic E-state index is 5.61. The Kier molecular flexibility index (Phi) is 3.86. The number of hydrogen-bond donors (Lipinski definition) is 2. The third kappa shape index (κ3) is 3.34. The average Bonchev–Trinajstić information content (AvgIpc) is 2.33. The Hall–Kier alpha value is -1.27. The zero-order valence-corrected chi connectivity index (χ0v) is 11.3. The molecule has 2 rings (SSSR count). The minimum absolute atomic E-state index is 0.332. The van der Waals surface area contributed by atoms with Gasteiger partial charge in [-0.15, -0.1) is 0 Å². The summed E-state index contributed by atoms with van der Waals surface area (Å²) < 4.78 is 1.07. The van der Waals surface area contributed by atoms with Gasteiger partial charge in [-0.1, -0.05) is 39.8 Å². The number of halogens is 1. The zero-order chi connectivity index (χ0) is 12.3. The molecular formula is C11H11BrN4S. The van der Waals surface area contributed by atoms with Crippen molar-refractivity contribution in [1.29, 1.82) is 0 Å². The summed E-state index contributed by atoms with van der Waals surface area (Å²) in [6, 6.07) is 8.12. The van der Waals surface area contributed by atoms with E-state index in [2.05, 4.69) is 38.0 Å². The quantitative estimate of drug-likeness (QED) is 0.673. The first-order valence-electron chi connectivity index (χ1n) is 4.90. The van der Waals surface area contributed by atoms with Crippen LogP contribution in [0.1, 0.15) is 5.56 Å². The largest absolute Gasteiger partial charge is 0.394 e. The van der Waals surface area contributed by atoms with E-state index in [9.17, 15) is 0 Å². The average molecular weight is 311 g/mol. The van der Waals surface area contributed by atoms with Crippen LogP contribution in [0.4, 0.5) is 11.5 Å². The van der Waals surface area contributed by atoms with Gasteiger partial charge in [-0.25, -0.2) is 9.97 Å². The van der Waals surface area contributed by atoms with Crippen molar-refractivity contribution in [3.8, 4) is 0 Å². The van der Waals surface area contributed by atoms with Gasteiger partial charge in [0, 0.05) is 10.2 Å². The van der Waals surface area contributed by atoms with Crippen molar-refractivity contribution >= 4 is 39.2 Å². The molecule has 0 saturated carbocycles. The SMILES string of the molecule is Nc1cnc(SCc2ccc(Br)cc2)nc1N. The molecule has 4 N–H and O–H groups in total. The van der Waals surface area contributed by atoms with Crippen molar-refractivity contribution in [2.45, 2.75) is 10.9 Å². The molecule has 0 fully saturated rings. The Labute approximate surface area is 112 Å². The molecule has 0 aliphatic rings. The fourth-order valence-corrected chi connectivity index (χ4v) is 2.23. The van der Waals surface area contributed by atoms with E-state index < -0.39 is 0 Å². The van der Waals surface area contributed by atoms with Crippen LogP contribution in [0.25, 0.3) is 0 Å². The predicted molar refractivity (Wildman–Crippen MR) is 74.6 cm³/mol. The maximum absolute atomic E-state index is 5.61. The molecule has 0 unspecified atom stereocenters. The molecule has 0 aliphatic heterocycles. The van der Waals surface area contributed by atoms with E-state index in [4.69, 9.17) is 11.5 Å². The van der Waals surface area contributed by atoms with Crippen molar-refractivity contribution < 1.29 is 0 Å². The highest BCUT2D eigenvalue weighted by atomic mass is 79.9. The molecule has 0 aliphatic carbocycles. The number of thioether (sulfide) groups is 1. The first-order chi connectivity index (χ1) is 8.15. The smallest absolute Gasteiger partial charge is 0.189 e. The minimum atomic E-state index is 0.332. The van der Waals surface area contributed by atoms with Crippen molar-refractivity contribution in [3.63, 3.8) is 0 Å². The fraction of sp³-hybridized carbons (Fsp3) is 0.0909. The second kappa shape index (κ2) is 5.37. The lowest BCUT2D eigenvalue weighted by Gasteiger charge is -2.03. The van der Waals surface area contributed by atoms with E-state index in [1.807, 2.05) is 12.1 Å². The lowest BCUT2D eigenvalue weighted by atomic mass is 10.2. The Morgan fingerprint density at radius 3 is 2.53 bits per heavy atom. The molecule has 0 saturated heterocycles. The van der Waals surface area contributed by atoms with Crippen molar-refractivity contribution in [2.75, 3.05) is 11.5 Å². The number of nitrogens with two attached hydrogens (primary N) is 2. The summed E-state index contributed by atoms with van der Waals surface area (Å²) in [5, 5.41) is 0.639. The van der Waals surface area contributed by atoms with Gasteiger partial charge in [0.25, 0.3) is 0 Å². The molecular weight excluding hydrogens is 300 g/mol. The zero-order valence-electron chi connectivity index (χ0n) is 8.93. The van der Waals surface area contributed by atoms with Crippen molar-refractivity contribution in [3.05, 3.63) is 40.5 Å². The van der Waals surface area contributed by atoms with Crippen LogP contribution < -0.4 is 11.5 Å². The van der Waals surface area contributed by atoms with E-state index in [0.717, 1.165) is 10.2 Å². The summed E-state index contributed by atoms with van der Waals surface area (Å²) in [6.07, 6.45) is 1.53. The lowest BCUT2D eigenvalue weighted by molar-refractivity contribution is 0.979. The van der Waals surface area contributed by atoms with E-state index in [0.29, 0.717) is 16.7 Å². The van der Waals surface area contributed by atoms with Crippen LogP contribution in [0.15, 0.2) is 40.1 Å². The maximum Gasteiger partial charge on any atom is 0.189 e. The molecule has 2 aromatic rings. The topological polar surface area (TPSA) is 77.8 Å². The molecule has 1 aromatic carbocycles. The predicted octanol–water partition coefficient (Wildman–Crippen LogP) is 2.70. The number of benzene rings is 1. The van der Waals surface area contributed by atoms with Crippen molar-refractivity contribution in [2.24, 2.45) is 0 Å². The Morgan fingerprint density at radius 1 is 1.18 bits per heavy atom. The molecule has 0 radical (unpaired) electrons. The summed E-state index contributed by atoms with van der Waals surface area (Å²) in [5.41, 5.74) is 12.8. The van der Waals surface area contributed by atoms with Gasteiger partial charge in [0.2, 0.25) is 0 Å². The Morgan fingerprint density at radius 2 is 1.88 bits per heavy atom. The molecule has 88 valence electrons. The minimum Gasteiger partial charge on any atom is -0.394 e. The number of nitrogen functional groups attached to an aromatic ring is 2. The van der Waals surface area contributed by atoms with Gasteiger partial charge in [-0.2, -0.15) is 0 Å². The van der Waals surface area contributed by atoms with E-state index in [-0.39, 0.29) is 0 Å². The van der Waals surface area contributed by atoms with Gasteiger partial charge < -0.3 is 11.5 Å². The summed E-state index contributed by atoms with van der Waals surface area (Å²) in [7, 11) is 0. The van der Waals surface area contributed by atoms with Gasteiger partial charge in [0.1, 0.15) is 0 Å². The molecule has 0 amide bonds. The van der Waals surface area contributed by atoms with Crippen LogP contribution in [-0.4, -0.2) is 9.97 Å². The molecule has 4 nitrogen and oxygen atoms in total. The van der Waals surface area contributed by atoms with Crippen LogP contribution in [-0.2, 0) is 5.75 Å². The van der Waals surface area contributed by atoms with Gasteiger partial charge >= 0.3 is 0 Å². The van der Waals surface area contributed by atoms with Crippen LogP contribution >= 0.6 is 27.7 Å². The first kappa shape index (κ1) is 12.2. The molecule has 6 heteroatoms. The van der Waals surface area contributed by atoms with Gasteiger partial charge in [-0.3, -0.25) is 0 Å². The third-order valence-corrected chi connectivity index (χ3v) is 3.57. The number of nitrogens with zero attached hydrogens (tertiary/aromatic N) is 2. The van der Waals surface area contributed by atoms with Gasteiger partial charge in [0.05, 0.1) is 11.9 Å². The normalized spacial score (nSPS) is 10.4. The highest BCUT2D eigenvalue weighted by Crippen LogP contribution is 2.22. The van der Waals surface area contributed by atoms with Crippen molar-refractivity contribution in [1.82, 2.24) is 9.97 Å². The molecule has 0 atom stereocenters. The second-order valence-electron chi connectivity index (χ2n) is 3.41. The van der Waals surface area contributed by atoms with E-state index in [1.54, 1.807) is 0 Å². The monoisotopic (exact) mass is 310 g/mol. The first-order valence-corrected chi connectivity index (χ1v) is 6.68. The summed E-state index contributed by atoms with van der Waals surface area (Å²) in [4.78, 5) is 8.21. The number of hydrogen-bond acceptors (Lipinski definition) is 5. The molecule has 0 spiro atoms. The van der Waals surface area contributed by atoms with Crippen LogP contribution in [0.5, 0.6) is 0 Å². The number of aromatic nitrogens is 2. The summed E-state index contributed by atoms with van der Waals surface area (Å²) in [6.45, 7) is 0. The van der Waals surface area contributed by atoms with Gasteiger partial charge in [0.15, 0.2) is 11.0 Å².